The van der Waals surface area contributed by atoms with E-state index in [4.69, 9.17) is 9.98 Å². The van der Waals surface area contributed by atoms with Gasteiger partial charge in [-0.05, 0) is 43.4 Å². The second-order valence-corrected chi connectivity index (χ2v) is 9.78. The van der Waals surface area contributed by atoms with E-state index in [1.807, 2.05) is 61.5 Å². The minimum atomic E-state index is -0.406. The molecule has 2 atom stereocenters. The molecule has 4 rings (SSSR count). The number of rotatable bonds is 7. The summed E-state index contributed by atoms with van der Waals surface area (Å²) in [5.41, 5.74) is 2.82. The number of fused-ring (bicyclic) bond motifs is 3. The second kappa shape index (κ2) is 9.69. The van der Waals surface area contributed by atoms with Crippen LogP contribution in [0.5, 0.6) is 0 Å². The van der Waals surface area contributed by atoms with Gasteiger partial charge in [0, 0.05) is 12.1 Å². The van der Waals surface area contributed by atoms with Gasteiger partial charge in [0.15, 0.2) is 5.17 Å². The zero-order chi connectivity index (χ0) is 22.7. The third kappa shape index (κ3) is 4.78. The Bertz CT molecular complexity index is 1060. The lowest BCUT2D eigenvalue weighted by atomic mass is 10.0. The molecule has 0 radical (unpaired) electrons. The highest BCUT2D eigenvalue weighted by atomic mass is 32.2. The van der Waals surface area contributed by atoms with Crippen LogP contribution in [-0.2, 0) is 16.0 Å². The number of hydrogen-bond donors (Lipinski definition) is 1. The molecule has 0 aliphatic carbocycles. The van der Waals surface area contributed by atoms with Crippen LogP contribution in [0.25, 0.3) is 0 Å². The molecule has 0 saturated carbocycles. The first-order valence-corrected chi connectivity index (χ1v) is 11.9. The second-order valence-electron chi connectivity index (χ2n) is 8.47. The zero-order valence-corrected chi connectivity index (χ0v) is 19.4. The number of nitrogens with one attached hydrogen (secondary N) is 1. The van der Waals surface area contributed by atoms with Crippen molar-refractivity contribution in [3.63, 3.8) is 0 Å². The monoisotopic (exact) mass is 448 g/mol. The number of amidine groups is 2. The Morgan fingerprint density at radius 1 is 1.09 bits per heavy atom. The first-order valence-electron chi connectivity index (χ1n) is 11.0. The smallest absolute Gasteiger partial charge is 0.259 e. The molecule has 0 bridgehead atoms. The molecule has 7 heteroatoms. The fourth-order valence-corrected chi connectivity index (χ4v) is 4.75. The minimum Gasteiger partial charge on any atom is -0.355 e. The molecule has 166 valence electrons. The van der Waals surface area contributed by atoms with Gasteiger partial charge in [0.25, 0.3) is 5.91 Å². The summed E-state index contributed by atoms with van der Waals surface area (Å²) < 4.78 is 0. The standard InChI is InChI=1S/C25H28N4O2S/c1-16(2)15-21-24(31)29-22(27-21)19-11-7-8-12-20(19)28-25(29)32-17(3)23(30)26-14-13-18-9-5-4-6-10-18/h4-12,16-17,21H,13-15H2,1-3H3,(H,26,30). The van der Waals surface area contributed by atoms with E-state index < -0.39 is 11.3 Å². The Morgan fingerprint density at radius 3 is 2.56 bits per heavy atom. The molecular weight excluding hydrogens is 420 g/mol. The summed E-state index contributed by atoms with van der Waals surface area (Å²) in [4.78, 5) is 37.0. The molecule has 0 fully saturated rings. The van der Waals surface area contributed by atoms with E-state index in [1.165, 1.54) is 17.3 Å². The van der Waals surface area contributed by atoms with Crippen molar-refractivity contribution in [2.75, 3.05) is 6.54 Å². The third-order valence-electron chi connectivity index (χ3n) is 5.45. The molecule has 2 heterocycles. The first kappa shape index (κ1) is 22.3. The summed E-state index contributed by atoms with van der Waals surface area (Å²) in [5.74, 6) is 0.861. The molecule has 0 saturated heterocycles. The minimum absolute atomic E-state index is 0.0638. The Hall–Kier alpha value is -2.93. The zero-order valence-electron chi connectivity index (χ0n) is 18.6. The van der Waals surface area contributed by atoms with Crippen molar-refractivity contribution in [3.05, 3.63) is 65.7 Å². The average Bonchev–Trinajstić information content (AvgIpc) is 3.10. The summed E-state index contributed by atoms with van der Waals surface area (Å²) in [7, 11) is 0. The summed E-state index contributed by atoms with van der Waals surface area (Å²) in [6.07, 6.45) is 1.46. The van der Waals surface area contributed by atoms with Crippen molar-refractivity contribution in [1.82, 2.24) is 10.2 Å². The van der Waals surface area contributed by atoms with E-state index in [0.29, 0.717) is 29.9 Å². The fourth-order valence-electron chi connectivity index (χ4n) is 3.81. The largest absolute Gasteiger partial charge is 0.355 e. The van der Waals surface area contributed by atoms with E-state index in [-0.39, 0.29) is 11.8 Å². The van der Waals surface area contributed by atoms with E-state index in [2.05, 4.69) is 19.2 Å². The van der Waals surface area contributed by atoms with E-state index >= 15 is 0 Å². The fraction of sp³-hybridized carbons (Fsp3) is 0.360. The van der Waals surface area contributed by atoms with Gasteiger partial charge in [-0.3, -0.25) is 14.6 Å². The summed E-state index contributed by atoms with van der Waals surface area (Å²) in [6, 6.07) is 17.4. The van der Waals surface area contributed by atoms with Gasteiger partial charge in [0.2, 0.25) is 5.91 Å². The maximum absolute atomic E-state index is 13.2. The van der Waals surface area contributed by atoms with Crippen molar-refractivity contribution < 1.29 is 9.59 Å². The van der Waals surface area contributed by atoms with Crippen LogP contribution in [0.15, 0.2) is 64.6 Å². The van der Waals surface area contributed by atoms with Gasteiger partial charge in [0.05, 0.1) is 10.9 Å². The first-order chi connectivity index (χ1) is 15.4. The molecule has 6 nitrogen and oxygen atoms in total. The summed E-state index contributed by atoms with van der Waals surface area (Å²) in [5, 5.41) is 3.12. The van der Waals surface area contributed by atoms with Crippen LogP contribution in [0.3, 0.4) is 0 Å². The van der Waals surface area contributed by atoms with E-state index in [9.17, 15) is 9.59 Å². The number of carbonyl (C=O) groups excluding carboxylic acids is 2. The van der Waals surface area contributed by atoms with Crippen LogP contribution in [0.4, 0.5) is 5.69 Å². The van der Waals surface area contributed by atoms with Crippen LogP contribution in [0, 0.1) is 5.92 Å². The Balaban J connectivity index is 1.47. The van der Waals surface area contributed by atoms with Crippen LogP contribution < -0.4 is 5.32 Å². The van der Waals surface area contributed by atoms with Gasteiger partial charge < -0.3 is 5.32 Å². The Morgan fingerprint density at radius 2 is 1.81 bits per heavy atom. The lowest BCUT2D eigenvalue weighted by molar-refractivity contribution is -0.125. The lowest BCUT2D eigenvalue weighted by Gasteiger charge is -2.27. The molecule has 2 aromatic carbocycles. The number of benzene rings is 2. The number of nitrogens with zero attached hydrogens (tertiary/aromatic N) is 3. The number of carbonyl (C=O) groups is 2. The maximum Gasteiger partial charge on any atom is 0.259 e. The number of thioether (sulfide) groups is 1. The number of para-hydroxylation sites is 1. The number of amides is 2. The van der Waals surface area contributed by atoms with Crippen LogP contribution in [0.2, 0.25) is 0 Å². The highest BCUT2D eigenvalue weighted by Gasteiger charge is 2.42. The van der Waals surface area contributed by atoms with Gasteiger partial charge in [-0.25, -0.2) is 9.89 Å². The van der Waals surface area contributed by atoms with Crippen LogP contribution >= 0.6 is 11.8 Å². The van der Waals surface area contributed by atoms with Gasteiger partial charge >= 0.3 is 0 Å². The van der Waals surface area contributed by atoms with E-state index in [1.54, 1.807) is 4.90 Å². The molecule has 0 aromatic heterocycles. The predicted octanol–water partition coefficient (Wildman–Crippen LogP) is 4.17. The molecule has 2 aliphatic rings. The predicted molar refractivity (Wildman–Crippen MR) is 130 cm³/mol. The molecule has 2 aromatic rings. The normalized spacial score (nSPS) is 18.1. The molecule has 2 aliphatic heterocycles. The number of aliphatic imine (C=N–C) groups is 2. The van der Waals surface area contributed by atoms with Gasteiger partial charge in [0.1, 0.15) is 11.9 Å². The molecular formula is C25H28N4O2S. The average molecular weight is 449 g/mol. The van der Waals surface area contributed by atoms with Gasteiger partial charge in [-0.15, -0.1) is 0 Å². The SMILES string of the molecule is CC(C)CC1N=C2c3ccccc3N=C(SC(C)C(=O)NCCc3ccccc3)N2C1=O. The molecule has 2 unspecified atom stereocenters. The maximum atomic E-state index is 13.2. The van der Waals surface area contributed by atoms with Crippen molar-refractivity contribution >= 4 is 40.3 Å². The molecule has 0 spiro atoms. The van der Waals surface area contributed by atoms with Crippen LogP contribution in [0.1, 0.15) is 38.3 Å². The van der Waals surface area contributed by atoms with E-state index in [0.717, 1.165) is 17.7 Å². The highest BCUT2D eigenvalue weighted by molar-refractivity contribution is 8.15. The molecule has 1 N–H and O–H groups in total. The topological polar surface area (TPSA) is 74.1 Å². The highest BCUT2D eigenvalue weighted by Crippen LogP contribution is 2.35. The molecule has 32 heavy (non-hydrogen) atoms. The molecule has 2 amide bonds. The Labute approximate surface area is 193 Å². The lowest BCUT2D eigenvalue weighted by Crippen LogP contribution is -2.43. The van der Waals surface area contributed by atoms with Gasteiger partial charge in [-0.1, -0.05) is 68.1 Å². The third-order valence-corrected chi connectivity index (χ3v) is 6.50. The van der Waals surface area contributed by atoms with Crippen LogP contribution in [-0.4, -0.2) is 45.6 Å². The van der Waals surface area contributed by atoms with Gasteiger partial charge in [-0.2, -0.15) is 0 Å². The van der Waals surface area contributed by atoms with Crippen molar-refractivity contribution in [1.29, 1.82) is 0 Å². The van der Waals surface area contributed by atoms with Crippen molar-refractivity contribution in [2.45, 2.75) is 44.9 Å². The van der Waals surface area contributed by atoms with Crippen molar-refractivity contribution in [2.24, 2.45) is 15.9 Å². The quantitative estimate of drug-likeness (QED) is 0.691. The van der Waals surface area contributed by atoms with Crippen molar-refractivity contribution in [3.8, 4) is 0 Å². The number of hydrogen-bond acceptors (Lipinski definition) is 5. The summed E-state index contributed by atoms with van der Waals surface area (Å²) in [6.45, 7) is 6.58. The Kier molecular flexibility index (Phi) is 6.74. The summed E-state index contributed by atoms with van der Waals surface area (Å²) >= 11 is 1.30.